The summed E-state index contributed by atoms with van der Waals surface area (Å²) in [5.41, 5.74) is 1.17. The molecule has 3 N–H and O–H groups in total. The Balaban J connectivity index is 0.000000708. The molecule has 0 saturated carbocycles. The summed E-state index contributed by atoms with van der Waals surface area (Å²) in [6.07, 6.45) is -3.60. The number of amides is 2. The maximum atomic E-state index is 14.3. The molecule has 0 unspecified atom stereocenters. The van der Waals surface area contributed by atoms with Gasteiger partial charge < -0.3 is 30.1 Å². The molecule has 1 heterocycles. The number of carbonyl (C=O) groups is 2. The number of ether oxygens (including phenoxy) is 1. The Bertz CT molecular complexity index is 1130. The topological polar surface area (TPSA) is 102 Å². The number of aliphatic carboxylic acids is 1. The number of aliphatic hydroxyl groups is 1. The average Bonchev–Trinajstić information content (AvgIpc) is 2.88. The van der Waals surface area contributed by atoms with Crippen LogP contribution in [-0.4, -0.2) is 77.6 Å². The second-order valence-electron chi connectivity index (χ2n) is 9.06. The van der Waals surface area contributed by atoms with Crippen molar-refractivity contribution < 1.29 is 50.9 Å². The number of hydrogen-bond donors (Lipinski definition) is 3. The average molecular weight is 580 g/mol. The van der Waals surface area contributed by atoms with E-state index in [4.69, 9.17) is 19.7 Å². The molecule has 3 rings (SSSR count). The standard InChI is InChI=1S/C24H30F3N3O3.C2HF3O2/c1-29-8-6-21(7-9-29)30(15-18-4-5-20(25)13-23(18)27)24(32)28-14-17-2-3-19(22(26)12-17)16-33-11-10-31;3-2(4,5)1(6)7/h2-5,12-13,21,31H,6-11,14-16H2,1H3,(H,28,32);(H,6,7). The number of rotatable bonds is 9. The lowest BCUT2D eigenvalue weighted by Gasteiger charge is -2.37. The monoisotopic (exact) mass is 579 g/mol. The highest BCUT2D eigenvalue weighted by molar-refractivity contribution is 5.74. The molecule has 40 heavy (non-hydrogen) atoms. The maximum absolute atomic E-state index is 14.3. The zero-order valence-corrected chi connectivity index (χ0v) is 21.7. The fourth-order valence-corrected chi connectivity index (χ4v) is 3.85. The SMILES string of the molecule is CN1CCC(N(Cc2ccc(F)cc2F)C(=O)NCc2ccc(COCCO)c(F)c2)CC1.O=C(O)C(F)(F)F. The Hall–Kier alpha value is -3.36. The van der Waals surface area contributed by atoms with Gasteiger partial charge in [-0.2, -0.15) is 13.2 Å². The molecule has 0 aliphatic carbocycles. The Kier molecular flexibility index (Phi) is 12.7. The van der Waals surface area contributed by atoms with Gasteiger partial charge in [-0.05, 0) is 50.7 Å². The van der Waals surface area contributed by atoms with Crippen molar-refractivity contribution in [2.75, 3.05) is 33.4 Å². The van der Waals surface area contributed by atoms with E-state index in [0.717, 1.165) is 32.0 Å². The van der Waals surface area contributed by atoms with Crippen molar-refractivity contribution in [3.05, 3.63) is 70.5 Å². The first kappa shape index (κ1) is 32.8. The van der Waals surface area contributed by atoms with E-state index < -0.39 is 29.6 Å². The number of urea groups is 1. The highest BCUT2D eigenvalue weighted by Gasteiger charge is 2.38. The molecular formula is C26H31F6N3O5. The number of benzene rings is 2. The molecule has 2 aromatic carbocycles. The number of carbonyl (C=O) groups excluding carboxylic acids is 1. The molecule has 0 aromatic heterocycles. The number of nitrogens with zero attached hydrogens (tertiary/aromatic N) is 2. The molecule has 1 aliphatic heterocycles. The first-order chi connectivity index (χ1) is 18.8. The third-order valence-electron chi connectivity index (χ3n) is 6.04. The number of aliphatic hydroxyl groups excluding tert-OH is 1. The molecule has 222 valence electrons. The van der Waals surface area contributed by atoms with Gasteiger partial charge in [-0.3, -0.25) is 0 Å². The molecule has 1 aliphatic rings. The van der Waals surface area contributed by atoms with Gasteiger partial charge in [0.25, 0.3) is 0 Å². The number of carboxylic acids is 1. The molecule has 2 amide bonds. The predicted molar refractivity (Wildman–Crippen MR) is 131 cm³/mol. The third-order valence-corrected chi connectivity index (χ3v) is 6.04. The second kappa shape index (κ2) is 15.4. The number of piperidine rings is 1. The van der Waals surface area contributed by atoms with E-state index in [9.17, 15) is 31.1 Å². The first-order valence-electron chi connectivity index (χ1n) is 12.2. The van der Waals surface area contributed by atoms with Gasteiger partial charge in [-0.25, -0.2) is 22.8 Å². The number of hydrogen-bond acceptors (Lipinski definition) is 5. The van der Waals surface area contributed by atoms with Crippen molar-refractivity contribution in [2.45, 2.75) is 44.8 Å². The number of alkyl halides is 3. The largest absolute Gasteiger partial charge is 0.490 e. The number of nitrogens with one attached hydrogen (secondary N) is 1. The van der Waals surface area contributed by atoms with Gasteiger partial charge in [-0.1, -0.05) is 18.2 Å². The van der Waals surface area contributed by atoms with E-state index in [-0.39, 0.29) is 50.5 Å². The quantitative estimate of drug-likeness (QED) is 0.306. The molecule has 0 radical (unpaired) electrons. The summed E-state index contributed by atoms with van der Waals surface area (Å²) in [6.45, 7) is 1.77. The van der Waals surface area contributed by atoms with Crippen LogP contribution in [0.5, 0.6) is 0 Å². The van der Waals surface area contributed by atoms with E-state index in [2.05, 4.69) is 10.2 Å². The minimum absolute atomic E-state index is 0.0157. The van der Waals surface area contributed by atoms with Crippen LogP contribution >= 0.6 is 0 Å². The third kappa shape index (κ3) is 10.7. The number of likely N-dealkylation sites (tertiary alicyclic amines) is 1. The van der Waals surface area contributed by atoms with Gasteiger partial charge >= 0.3 is 18.2 Å². The van der Waals surface area contributed by atoms with Crippen molar-refractivity contribution >= 4 is 12.0 Å². The summed E-state index contributed by atoms with van der Waals surface area (Å²) in [6, 6.07) is 7.48. The van der Waals surface area contributed by atoms with Gasteiger partial charge in [-0.15, -0.1) is 0 Å². The van der Waals surface area contributed by atoms with Crippen LogP contribution < -0.4 is 5.32 Å². The molecule has 2 aromatic rings. The van der Waals surface area contributed by atoms with Crippen molar-refractivity contribution in [3.8, 4) is 0 Å². The Labute approximate surface area is 227 Å². The lowest BCUT2D eigenvalue weighted by molar-refractivity contribution is -0.192. The van der Waals surface area contributed by atoms with E-state index in [1.165, 1.54) is 18.2 Å². The summed E-state index contributed by atoms with van der Waals surface area (Å²) < 4.78 is 78.8. The zero-order chi connectivity index (χ0) is 29.9. The molecular weight excluding hydrogens is 548 g/mol. The van der Waals surface area contributed by atoms with E-state index >= 15 is 0 Å². The summed E-state index contributed by atoms with van der Waals surface area (Å²) in [5.74, 6) is -4.58. The zero-order valence-electron chi connectivity index (χ0n) is 21.7. The maximum Gasteiger partial charge on any atom is 0.490 e. The lowest BCUT2D eigenvalue weighted by Crippen LogP contribution is -2.49. The molecule has 14 heteroatoms. The summed E-state index contributed by atoms with van der Waals surface area (Å²) in [5, 5.41) is 18.7. The normalized spacial score (nSPS) is 14.3. The Morgan fingerprint density at radius 3 is 2.20 bits per heavy atom. The molecule has 8 nitrogen and oxygen atoms in total. The second-order valence-corrected chi connectivity index (χ2v) is 9.06. The van der Waals surface area contributed by atoms with Gasteiger partial charge in [0, 0.05) is 29.8 Å². The van der Waals surface area contributed by atoms with E-state index in [1.54, 1.807) is 17.0 Å². The predicted octanol–water partition coefficient (Wildman–Crippen LogP) is 4.05. The summed E-state index contributed by atoms with van der Waals surface area (Å²) >= 11 is 0. The van der Waals surface area contributed by atoms with Crippen molar-refractivity contribution in [1.29, 1.82) is 0 Å². The Morgan fingerprint density at radius 2 is 1.65 bits per heavy atom. The van der Waals surface area contributed by atoms with Gasteiger partial charge in [0.1, 0.15) is 17.5 Å². The van der Waals surface area contributed by atoms with Gasteiger partial charge in [0.15, 0.2) is 0 Å². The van der Waals surface area contributed by atoms with Crippen LogP contribution in [0.3, 0.4) is 0 Å². The van der Waals surface area contributed by atoms with E-state index in [1.807, 2.05) is 7.05 Å². The molecule has 0 bridgehead atoms. The van der Waals surface area contributed by atoms with Crippen LogP contribution in [0.25, 0.3) is 0 Å². The summed E-state index contributed by atoms with van der Waals surface area (Å²) in [7, 11) is 2.01. The first-order valence-corrected chi connectivity index (χ1v) is 12.2. The van der Waals surface area contributed by atoms with Gasteiger partial charge in [0.2, 0.25) is 0 Å². The molecule has 0 atom stereocenters. The Morgan fingerprint density at radius 1 is 1.05 bits per heavy atom. The van der Waals surface area contributed by atoms with Crippen LogP contribution in [0, 0.1) is 17.5 Å². The minimum Gasteiger partial charge on any atom is -0.475 e. The molecule has 1 saturated heterocycles. The number of halogens is 6. The van der Waals surface area contributed by atoms with Crippen molar-refractivity contribution in [3.63, 3.8) is 0 Å². The van der Waals surface area contributed by atoms with Crippen LogP contribution in [0.4, 0.5) is 31.1 Å². The van der Waals surface area contributed by atoms with Crippen LogP contribution in [0.1, 0.15) is 29.5 Å². The lowest BCUT2D eigenvalue weighted by atomic mass is 10.0. The molecule has 1 fully saturated rings. The highest BCUT2D eigenvalue weighted by Crippen LogP contribution is 2.21. The van der Waals surface area contributed by atoms with Crippen LogP contribution in [0.2, 0.25) is 0 Å². The fraction of sp³-hybridized carbons (Fsp3) is 0.462. The smallest absolute Gasteiger partial charge is 0.475 e. The molecule has 0 spiro atoms. The van der Waals surface area contributed by atoms with E-state index in [0.29, 0.717) is 11.1 Å². The van der Waals surface area contributed by atoms with Crippen LogP contribution in [0.15, 0.2) is 36.4 Å². The van der Waals surface area contributed by atoms with Gasteiger partial charge in [0.05, 0.1) is 26.4 Å². The highest BCUT2D eigenvalue weighted by atomic mass is 19.4. The van der Waals surface area contributed by atoms with Crippen molar-refractivity contribution in [2.24, 2.45) is 0 Å². The number of carboxylic acid groups (broad SMARTS) is 1. The van der Waals surface area contributed by atoms with Crippen LogP contribution in [-0.2, 0) is 29.2 Å². The van der Waals surface area contributed by atoms with Crippen molar-refractivity contribution in [1.82, 2.24) is 15.1 Å². The fourth-order valence-electron chi connectivity index (χ4n) is 3.85. The summed E-state index contributed by atoms with van der Waals surface area (Å²) in [4.78, 5) is 25.7. The minimum atomic E-state index is -5.08.